The Bertz CT molecular complexity index is 503. The molecule has 2 heteroatoms. The van der Waals surface area contributed by atoms with Gasteiger partial charge >= 0.3 is 0 Å². The Balaban J connectivity index is 1.66. The van der Waals surface area contributed by atoms with Crippen LogP contribution in [0.3, 0.4) is 0 Å². The second kappa shape index (κ2) is 6.33. The van der Waals surface area contributed by atoms with Gasteiger partial charge in [0.15, 0.2) is 0 Å². The van der Waals surface area contributed by atoms with Crippen LogP contribution in [0.4, 0.5) is 0 Å². The van der Waals surface area contributed by atoms with Crippen molar-refractivity contribution < 1.29 is 0 Å². The molecule has 2 atom stereocenters. The van der Waals surface area contributed by atoms with Crippen molar-refractivity contribution in [1.82, 2.24) is 9.80 Å². The lowest BCUT2D eigenvalue weighted by molar-refractivity contribution is 0.0461. The molecule has 1 aliphatic heterocycles. The third-order valence-electron chi connectivity index (χ3n) is 5.90. The molecule has 1 aromatic carbocycles. The van der Waals surface area contributed by atoms with Gasteiger partial charge in [-0.15, -0.1) is 0 Å². The van der Waals surface area contributed by atoms with E-state index in [0.29, 0.717) is 0 Å². The molecule has 0 aromatic heterocycles. The van der Waals surface area contributed by atoms with Crippen LogP contribution in [0.5, 0.6) is 0 Å². The van der Waals surface area contributed by atoms with Crippen LogP contribution in [0.2, 0.25) is 0 Å². The van der Waals surface area contributed by atoms with E-state index in [1.807, 2.05) is 0 Å². The summed E-state index contributed by atoms with van der Waals surface area (Å²) < 4.78 is 0. The summed E-state index contributed by atoms with van der Waals surface area (Å²) in [6.45, 7) is 9.43. The summed E-state index contributed by atoms with van der Waals surface area (Å²) in [4.78, 5) is 5.36. The van der Waals surface area contributed by atoms with Crippen LogP contribution < -0.4 is 0 Å². The number of nitrogens with zero attached hydrogens (tertiary/aromatic N) is 2. The Labute approximate surface area is 136 Å². The van der Waals surface area contributed by atoms with E-state index >= 15 is 0 Å². The average Bonchev–Trinajstić information content (AvgIpc) is 2.53. The predicted molar refractivity (Wildman–Crippen MR) is 94.1 cm³/mol. The van der Waals surface area contributed by atoms with Crippen LogP contribution in [0, 0.1) is 0 Å². The highest BCUT2D eigenvalue weighted by molar-refractivity contribution is 5.29. The summed E-state index contributed by atoms with van der Waals surface area (Å²) >= 11 is 0. The quantitative estimate of drug-likeness (QED) is 0.812. The molecule has 1 aromatic rings. The van der Waals surface area contributed by atoms with E-state index in [4.69, 9.17) is 0 Å². The normalized spacial score (nSPS) is 27.0. The van der Waals surface area contributed by atoms with Crippen molar-refractivity contribution in [3.05, 3.63) is 35.4 Å². The molecule has 0 radical (unpaired) electrons. The molecule has 0 N–H and O–H groups in total. The van der Waals surface area contributed by atoms with Gasteiger partial charge in [-0.2, -0.15) is 0 Å². The van der Waals surface area contributed by atoms with Gasteiger partial charge in [0, 0.05) is 30.7 Å². The highest BCUT2D eigenvalue weighted by atomic mass is 15.2. The van der Waals surface area contributed by atoms with Gasteiger partial charge in [0.1, 0.15) is 0 Å². The van der Waals surface area contributed by atoms with Gasteiger partial charge in [-0.25, -0.2) is 0 Å². The molecule has 0 spiro atoms. The molecule has 2 aliphatic rings. The molecule has 22 heavy (non-hydrogen) atoms. The van der Waals surface area contributed by atoms with Crippen LogP contribution in [-0.4, -0.2) is 41.0 Å². The lowest BCUT2D eigenvalue weighted by Gasteiger charge is -2.46. The Hall–Kier alpha value is -0.860. The van der Waals surface area contributed by atoms with Crippen molar-refractivity contribution in [2.75, 3.05) is 13.6 Å². The topological polar surface area (TPSA) is 6.48 Å². The molecule has 1 aliphatic carbocycles. The van der Waals surface area contributed by atoms with E-state index in [2.05, 4.69) is 61.9 Å². The maximum absolute atomic E-state index is 2.75. The van der Waals surface area contributed by atoms with Crippen molar-refractivity contribution in [2.45, 2.75) is 77.0 Å². The van der Waals surface area contributed by atoms with Crippen molar-refractivity contribution in [3.63, 3.8) is 0 Å². The third kappa shape index (κ3) is 3.38. The molecule has 0 unspecified atom stereocenters. The summed E-state index contributed by atoms with van der Waals surface area (Å²) in [6.07, 6.45) is 6.71. The van der Waals surface area contributed by atoms with Crippen LogP contribution in [-0.2, 0) is 13.0 Å². The smallest absolute Gasteiger partial charge is 0.0239 e. The molecule has 1 fully saturated rings. The van der Waals surface area contributed by atoms with Crippen LogP contribution >= 0.6 is 0 Å². The number of rotatable bonds is 2. The van der Waals surface area contributed by atoms with Crippen molar-refractivity contribution in [1.29, 1.82) is 0 Å². The van der Waals surface area contributed by atoms with E-state index in [1.54, 1.807) is 11.1 Å². The average molecular weight is 300 g/mol. The van der Waals surface area contributed by atoms with E-state index in [9.17, 15) is 0 Å². The van der Waals surface area contributed by atoms with Gasteiger partial charge in [-0.3, -0.25) is 9.80 Å². The minimum Gasteiger partial charge on any atom is -0.299 e. The SMILES string of the molecule is CN([C@@H]1CCC[C@@H](N2CCc3ccccc3C2)C1)C(C)(C)C. The maximum Gasteiger partial charge on any atom is 0.0239 e. The lowest BCUT2D eigenvalue weighted by atomic mass is 9.86. The summed E-state index contributed by atoms with van der Waals surface area (Å²) in [5.41, 5.74) is 3.40. The Morgan fingerprint density at radius 3 is 2.55 bits per heavy atom. The molecular formula is C20H32N2. The maximum atomic E-state index is 2.75. The molecule has 1 heterocycles. The fourth-order valence-electron chi connectivity index (χ4n) is 4.20. The zero-order chi connectivity index (χ0) is 15.7. The minimum absolute atomic E-state index is 0.279. The van der Waals surface area contributed by atoms with Gasteiger partial charge < -0.3 is 0 Å². The summed E-state index contributed by atoms with van der Waals surface area (Å²) in [5, 5.41) is 0. The van der Waals surface area contributed by atoms with Crippen LogP contribution in [0.25, 0.3) is 0 Å². The molecule has 2 nitrogen and oxygen atoms in total. The Morgan fingerprint density at radius 1 is 1.09 bits per heavy atom. The standard InChI is InChI=1S/C20H32N2/c1-20(2,3)21(4)18-10-7-11-19(14-18)22-13-12-16-8-5-6-9-17(16)15-22/h5-6,8-9,18-19H,7,10-15H2,1-4H3/t18-,19-/m1/s1. The summed E-state index contributed by atoms with van der Waals surface area (Å²) in [6, 6.07) is 10.5. The molecule has 122 valence electrons. The molecule has 3 rings (SSSR count). The van der Waals surface area contributed by atoms with Crippen LogP contribution in [0.1, 0.15) is 57.6 Å². The molecule has 1 saturated carbocycles. The highest BCUT2D eigenvalue weighted by Crippen LogP contribution is 2.32. The molecular weight excluding hydrogens is 268 g/mol. The highest BCUT2D eigenvalue weighted by Gasteiger charge is 2.33. The first-order valence-electron chi connectivity index (χ1n) is 8.99. The van der Waals surface area contributed by atoms with Gasteiger partial charge in [0.05, 0.1) is 0 Å². The van der Waals surface area contributed by atoms with Crippen molar-refractivity contribution in [2.24, 2.45) is 0 Å². The second-order valence-corrected chi connectivity index (χ2v) is 8.25. The number of fused-ring (bicyclic) bond motifs is 1. The Morgan fingerprint density at radius 2 is 1.82 bits per heavy atom. The van der Waals surface area contributed by atoms with Crippen molar-refractivity contribution >= 4 is 0 Å². The third-order valence-corrected chi connectivity index (χ3v) is 5.90. The largest absolute Gasteiger partial charge is 0.299 e. The van der Waals surface area contributed by atoms with E-state index in [0.717, 1.165) is 18.6 Å². The van der Waals surface area contributed by atoms with Gasteiger partial charge in [-0.1, -0.05) is 30.7 Å². The first-order chi connectivity index (χ1) is 10.4. The lowest BCUT2D eigenvalue weighted by Crippen LogP contribution is -2.51. The fraction of sp³-hybridized carbons (Fsp3) is 0.700. The number of benzene rings is 1. The van der Waals surface area contributed by atoms with E-state index in [-0.39, 0.29) is 5.54 Å². The second-order valence-electron chi connectivity index (χ2n) is 8.25. The molecule has 0 saturated heterocycles. The van der Waals surface area contributed by atoms with Crippen LogP contribution in [0.15, 0.2) is 24.3 Å². The van der Waals surface area contributed by atoms with E-state index < -0.39 is 0 Å². The van der Waals surface area contributed by atoms with Gasteiger partial charge in [0.2, 0.25) is 0 Å². The predicted octanol–water partition coefficient (Wildman–Crippen LogP) is 4.09. The first kappa shape index (κ1) is 16.0. The van der Waals surface area contributed by atoms with E-state index in [1.165, 1.54) is 38.6 Å². The monoisotopic (exact) mass is 300 g/mol. The number of hydrogen-bond donors (Lipinski definition) is 0. The number of hydrogen-bond acceptors (Lipinski definition) is 2. The first-order valence-corrected chi connectivity index (χ1v) is 8.99. The summed E-state index contributed by atoms with van der Waals surface area (Å²) in [5.74, 6) is 0. The van der Waals surface area contributed by atoms with Gasteiger partial charge in [0.25, 0.3) is 0 Å². The Kier molecular flexibility index (Phi) is 4.61. The fourth-order valence-corrected chi connectivity index (χ4v) is 4.20. The molecule has 0 amide bonds. The minimum atomic E-state index is 0.279. The zero-order valence-electron chi connectivity index (χ0n) is 14.8. The van der Waals surface area contributed by atoms with Crippen molar-refractivity contribution in [3.8, 4) is 0 Å². The zero-order valence-corrected chi connectivity index (χ0v) is 14.8. The van der Waals surface area contributed by atoms with Gasteiger partial charge in [-0.05, 0) is 64.6 Å². The molecule has 0 bridgehead atoms. The summed E-state index contributed by atoms with van der Waals surface area (Å²) in [7, 11) is 2.32.